The third-order valence-electron chi connectivity index (χ3n) is 4.37. The highest BCUT2D eigenvalue weighted by Crippen LogP contribution is 2.23. The van der Waals surface area contributed by atoms with Crippen LogP contribution in [0.15, 0.2) is 36.7 Å². The average molecular weight is 310 g/mol. The number of piperazine rings is 1. The van der Waals surface area contributed by atoms with E-state index in [9.17, 15) is 4.79 Å². The fourth-order valence-corrected chi connectivity index (χ4v) is 3.07. The lowest BCUT2D eigenvalue weighted by molar-refractivity contribution is 0.0673. The number of hydrogen-bond acceptors (Lipinski definition) is 4. The van der Waals surface area contributed by atoms with Crippen LogP contribution in [0.5, 0.6) is 0 Å². The molecule has 1 aliphatic rings. The maximum absolute atomic E-state index is 12.7. The van der Waals surface area contributed by atoms with E-state index in [1.54, 1.807) is 12.4 Å². The summed E-state index contributed by atoms with van der Waals surface area (Å²) < 4.78 is 0. The molecule has 0 radical (unpaired) electrons. The summed E-state index contributed by atoms with van der Waals surface area (Å²) in [5.74, 6) is 0.695. The smallest absolute Gasteiger partial charge is 0.257 e. The van der Waals surface area contributed by atoms with Crippen molar-refractivity contribution in [3.05, 3.63) is 53.6 Å². The fraction of sp³-hybridized carbons (Fsp3) is 0.389. The van der Waals surface area contributed by atoms with E-state index >= 15 is 0 Å². The van der Waals surface area contributed by atoms with Gasteiger partial charge in [0, 0.05) is 43.8 Å². The molecule has 2 aromatic rings. The number of nitrogens with zero attached hydrogens (tertiary/aromatic N) is 4. The van der Waals surface area contributed by atoms with Crippen molar-refractivity contribution in [1.29, 1.82) is 0 Å². The normalized spacial score (nSPS) is 18.1. The van der Waals surface area contributed by atoms with Crippen molar-refractivity contribution >= 4 is 11.6 Å². The van der Waals surface area contributed by atoms with Gasteiger partial charge in [-0.15, -0.1) is 0 Å². The number of benzene rings is 1. The fourth-order valence-electron chi connectivity index (χ4n) is 3.07. The number of carbonyl (C=O) groups is 1. The van der Waals surface area contributed by atoms with Crippen LogP contribution in [0, 0.1) is 13.8 Å². The van der Waals surface area contributed by atoms with E-state index in [2.05, 4.69) is 53.0 Å². The third-order valence-corrected chi connectivity index (χ3v) is 4.37. The highest BCUT2D eigenvalue weighted by atomic mass is 16.2. The van der Waals surface area contributed by atoms with Crippen molar-refractivity contribution < 1.29 is 4.79 Å². The van der Waals surface area contributed by atoms with Crippen molar-refractivity contribution in [2.75, 3.05) is 24.5 Å². The second-order valence-corrected chi connectivity index (χ2v) is 6.10. The molecule has 1 aromatic heterocycles. The molecule has 0 saturated carbocycles. The van der Waals surface area contributed by atoms with Crippen LogP contribution in [0.2, 0.25) is 0 Å². The number of rotatable bonds is 2. The molecule has 5 heteroatoms. The number of carbonyl (C=O) groups excluding carboxylic acids is 1. The Bertz CT molecular complexity index is 698. The molecule has 0 aliphatic carbocycles. The Morgan fingerprint density at radius 2 is 1.83 bits per heavy atom. The molecule has 23 heavy (non-hydrogen) atoms. The first-order chi connectivity index (χ1) is 11.1. The highest BCUT2D eigenvalue weighted by molar-refractivity contribution is 5.94. The molecular formula is C18H22N4O. The number of amides is 1. The molecule has 0 spiro atoms. The van der Waals surface area contributed by atoms with Gasteiger partial charge in [0.2, 0.25) is 0 Å². The van der Waals surface area contributed by atoms with E-state index in [1.807, 2.05) is 11.8 Å². The first kappa shape index (κ1) is 15.5. The van der Waals surface area contributed by atoms with Crippen molar-refractivity contribution in [2.45, 2.75) is 26.8 Å². The predicted octanol–water partition coefficient (Wildman–Crippen LogP) is 2.44. The van der Waals surface area contributed by atoms with Crippen molar-refractivity contribution in [3.63, 3.8) is 0 Å². The molecular weight excluding hydrogens is 288 g/mol. The molecule has 120 valence electrons. The minimum atomic E-state index is 0.0157. The summed E-state index contributed by atoms with van der Waals surface area (Å²) in [5.41, 5.74) is 3.09. The van der Waals surface area contributed by atoms with Gasteiger partial charge < -0.3 is 9.80 Å². The van der Waals surface area contributed by atoms with Gasteiger partial charge in [-0.05, 0) is 32.4 Å². The second-order valence-electron chi connectivity index (χ2n) is 6.10. The van der Waals surface area contributed by atoms with Crippen LogP contribution in [0.1, 0.15) is 28.7 Å². The Balaban J connectivity index is 1.73. The van der Waals surface area contributed by atoms with E-state index in [-0.39, 0.29) is 11.9 Å². The molecule has 2 heterocycles. The molecule has 0 bridgehead atoms. The third kappa shape index (κ3) is 3.18. The Morgan fingerprint density at radius 1 is 1.13 bits per heavy atom. The quantitative estimate of drug-likeness (QED) is 0.855. The monoisotopic (exact) mass is 310 g/mol. The summed E-state index contributed by atoms with van der Waals surface area (Å²) in [7, 11) is 0. The predicted molar refractivity (Wildman–Crippen MR) is 90.7 cm³/mol. The number of para-hydroxylation sites is 1. The van der Waals surface area contributed by atoms with Crippen LogP contribution in [0.25, 0.3) is 0 Å². The van der Waals surface area contributed by atoms with Crippen molar-refractivity contribution in [1.82, 2.24) is 14.9 Å². The molecule has 0 unspecified atom stereocenters. The van der Waals surface area contributed by atoms with Gasteiger partial charge in [0.25, 0.3) is 5.91 Å². The largest absolute Gasteiger partial charge is 0.367 e. The van der Waals surface area contributed by atoms with Crippen LogP contribution >= 0.6 is 0 Å². The molecule has 1 aliphatic heterocycles. The van der Waals surface area contributed by atoms with Gasteiger partial charge in [0.15, 0.2) is 0 Å². The minimum Gasteiger partial charge on any atom is -0.367 e. The zero-order chi connectivity index (χ0) is 16.4. The molecule has 1 fully saturated rings. The zero-order valence-corrected chi connectivity index (χ0v) is 13.9. The summed E-state index contributed by atoms with van der Waals surface area (Å²) in [5, 5.41) is 0. The molecule has 1 atom stereocenters. The lowest BCUT2D eigenvalue weighted by atomic mass is 10.1. The van der Waals surface area contributed by atoms with Crippen LogP contribution in [0.3, 0.4) is 0 Å². The van der Waals surface area contributed by atoms with E-state index < -0.39 is 0 Å². The van der Waals surface area contributed by atoms with E-state index in [0.717, 1.165) is 13.1 Å². The standard InChI is InChI=1S/C18H22N4O/c1-13-6-4-5-7-17(13)21-8-9-22(14(2)12-21)18(23)16-10-19-15(3)20-11-16/h4-7,10-11,14H,8-9,12H2,1-3H3/t14-/m1/s1. The van der Waals surface area contributed by atoms with Gasteiger partial charge in [0.05, 0.1) is 5.56 Å². The Hall–Kier alpha value is -2.43. The lowest BCUT2D eigenvalue weighted by Crippen LogP contribution is -2.54. The number of aromatic nitrogens is 2. The molecule has 0 N–H and O–H groups in total. The number of anilines is 1. The molecule has 3 rings (SSSR count). The first-order valence-corrected chi connectivity index (χ1v) is 7.96. The Labute approximate surface area is 137 Å². The van der Waals surface area contributed by atoms with Crippen LogP contribution in [0.4, 0.5) is 5.69 Å². The molecule has 5 nitrogen and oxygen atoms in total. The van der Waals surface area contributed by atoms with Gasteiger partial charge in [-0.25, -0.2) is 9.97 Å². The number of aryl methyl sites for hydroxylation is 2. The van der Waals surface area contributed by atoms with E-state index in [1.165, 1.54) is 11.3 Å². The van der Waals surface area contributed by atoms with Crippen LogP contribution in [-0.2, 0) is 0 Å². The minimum absolute atomic E-state index is 0.0157. The maximum Gasteiger partial charge on any atom is 0.257 e. The topological polar surface area (TPSA) is 49.3 Å². The van der Waals surface area contributed by atoms with Gasteiger partial charge in [-0.3, -0.25) is 4.79 Å². The SMILES string of the molecule is Cc1ncc(C(=O)N2CCN(c3ccccc3C)C[C@H]2C)cn1. The first-order valence-electron chi connectivity index (χ1n) is 7.96. The van der Waals surface area contributed by atoms with Gasteiger partial charge >= 0.3 is 0 Å². The summed E-state index contributed by atoms with van der Waals surface area (Å²) in [6, 6.07) is 8.54. The van der Waals surface area contributed by atoms with E-state index in [0.29, 0.717) is 17.9 Å². The average Bonchev–Trinajstić information content (AvgIpc) is 2.55. The molecule has 1 aromatic carbocycles. The Morgan fingerprint density at radius 3 is 2.48 bits per heavy atom. The maximum atomic E-state index is 12.7. The van der Waals surface area contributed by atoms with Crippen LogP contribution in [-0.4, -0.2) is 46.5 Å². The summed E-state index contributed by atoms with van der Waals surface area (Å²) in [6.45, 7) is 8.43. The van der Waals surface area contributed by atoms with Gasteiger partial charge in [-0.1, -0.05) is 18.2 Å². The summed E-state index contributed by atoms with van der Waals surface area (Å²) in [4.78, 5) is 25.2. The second kappa shape index (κ2) is 6.36. The highest BCUT2D eigenvalue weighted by Gasteiger charge is 2.28. The Kier molecular flexibility index (Phi) is 4.28. The summed E-state index contributed by atoms with van der Waals surface area (Å²) in [6.07, 6.45) is 3.23. The summed E-state index contributed by atoms with van der Waals surface area (Å²) >= 11 is 0. The van der Waals surface area contributed by atoms with Crippen LogP contribution < -0.4 is 4.90 Å². The molecule has 1 saturated heterocycles. The number of hydrogen-bond donors (Lipinski definition) is 0. The van der Waals surface area contributed by atoms with E-state index in [4.69, 9.17) is 0 Å². The lowest BCUT2D eigenvalue weighted by Gasteiger charge is -2.41. The van der Waals surface area contributed by atoms with Gasteiger partial charge in [-0.2, -0.15) is 0 Å². The van der Waals surface area contributed by atoms with Crippen molar-refractivity contribution in [3.8, 4) is 0 Å². The van der Waals surface area contributed by atoms with Crippen molar-refractivity contribution in [2.24, 2.45) is 0 Å². The molecule has 1 amide bonds. The van der Waals surface area contributed by atoms with Gasteiger partial charge in [0.1, 0.15) is 5.82 Å². The zero-order valence-electron chi connectivity index (χ0n) is 13.9.